The normalized spacial score (nSPS) is 10.8. The van der Waals surface area contributed by atoms with Gasteiger partial charge in [0, 0.05) is 23.4 Å². The molecule has 0 radical (unpaired) electrons. The van der Waals surface area contributed by atoms with Crippen LogP contribution in [-0.2, 0) is 22.4 Å². The molecule has 4 aromatic rings. The van der Waals surface area contributed by atoms with Crippen molar-refractivity contribution < 1.29 is 29.3 Å². The van der Waals surface area contributed by atoms with E-state index in [-0.39, 0.29) is 19.4 Å². The van der Waals surface area contributed by atoms with Crippen LogP contribution in [0.3, 0.4) is 0 Å². The number of aryl methyl sites for hydroxylation is 1. The Hall–Kier alpha value is -4.29. The lowest BCUT2D eigenvalue weighted by atomic mass is 9.97. The number of ether oxygens (including phenoxy) is 2. The van der Waals surface area contributed by atoms with E-state index in [1.165, 1.54) is 0 Å². The second kappa shape index (κ2) is 17.1. The molecule has 4 rings (SSSR count). The van der Waals surface area contributed by atoms with Crippen LogP contribution in [0.2, 0.25) is 5.02 Å². The van der Waals surface area contributed by atoms with E-state index in [1.807, 2.05) is 66.7 Å². The summed E-state index contributed by atoms with van der Waals surface area (Å²) in [5.74, 6) is -0.257. The van der Waals surface area contributed by atoms with Crippen LogP contribution in [0.15, 0.2) is 91.0 Å². The summed E-state index contributed by atoms with van der Waals surface area (Å²) in [5, 5.41) is 18.8. The third kappa shape index (κ3) is 10.2. The van der Waals surface area contributed by atoms with Crippen molar-refractivity contribution in [3.63, 3.8) is 0 Å². The second-order valence-corrected chi connectivity index (χ2v) is 11.1. The molecule has 0 fully saturated rings. The first-order valence-electron chi connectivity index (χ1n) is 15.2. The van der Waals surface area contributed by atoms with Crippen molar-refractivity contribution in [1.29, 1.82) is 0 Å². The smallest absolute Gasteiger partial charge is 0.303 e. The lowest BCUT2D eigenvalue weighted by molar-refractivity contribution is -0.138. The van der Waals surface area contributed by atoms with Gasteiger partial charge in [0.05, 0.1) is 13.2 Å². The summed E-state index contributed by atoms with van der Waals surface area (Å²) in [6.45, 7) is 0.883. The number of rotatable bonds is 18. The summed E-state index contributed by atoms with van der Waals surface area (Å²) >= 11 is 6.52. The number of aliphatic carboxylic acids is 2. The standard InChI is InChI=1S/C37H39ClO6/c38-34-17-8-7-16-32(34)30-24-29(27-12-5-3-6-13-27)25-31(26-30)43-22-9-2-1-4-14-28-15-10-18-35(33(28)20-21-37(41)42)44-23-11-19-36(39)40/h3,5-8,10,12-13,15-18,24-26H,1-2,4,9,11,14,19-23H2,(H,39,40)(H,41,42). The van der Waals surface area contributed by atoms with E-state index < -0.39 is 11.9 Å². The summed E-state index contributed by atoms with van der Waals surface area (Å²) < 4.78 is 12.1. The van der Waals surface area contributed by atoms with Gasteiger partial charge >= 0.3 is 11.9 Å². The van der Waals surface area contributed by atoms with E-state index in [0.717, 1.165) is 71.2 Å². The van der Waals surface area contributed by atoms with Crippen LogP contribution in [0.4, 0.5) is 0 Å². The number of carboxylic acids is 2. The molecule has 0 spiro atoms. The fourth-order valence-corrected chi connectivity index (χ4v) is 5.44. The highest BCUT2D eigenvalue weighted by molar-refractivity contribution is 6.33. The third-order valence-electron chi connectivity index (χ3n) is 7.42. The van der Waals surface area contributed by atoms with Gasteiger partial charge < -0.3 is 19.7 Å². The minimum atomic E-state index is -0.860. The highest BCUT2D eigenvalue weighted by atomic mass is 35.5. The lowest BCUT2D eigenvalue weighted by Gasteiger charge is -2.15. The van der Waals surface area contributed by atoms with Gasteiger partial charge in [-0.15, -0.1) is 0 Å². The average molecular weight is 615 g/mol. The second-order valence-electron chi connectivity index (χ2n) is 10.7. The molecular formula is C37H39ClO6. The molecular weight excluding hydrogens is 576 g/mol. The number of halogens is 1. The molecule has 230 valence electrons. The van der Waals surface area contributed by atoms with Crippen LogP contribution in [0, 0.1) is 0 Å². The molecule has 0 aliphatic rings. The minimum absolute atomic E-state index is 0.0174. The molecule has 0 aliphatic heterocycles. The lowest BCUT2D eigenvalue weighted by Crippen LogP contribution is -2.07. The van der Waals surface area contributed by atoms with E-state index in [9.17, 15) is 14.7 Å². The zero-order valence-electron chi connectivity index (χ0n) is 24.8. The zero-order chi connectivity index (χ0) is 31.1. The van der Waals surface area contributed by atoms with Crippen molar-refractivity contribution >= 4 is 23.5 Å². The molecule has 0 bridgehead atoms. The maximum Gasteiger partial charge on any atom is 0.303 e. The highest BCUT2D eigenvalue weighted by Crippen LogP contribution is 2.35. The van der Waals surface area contributed by atoms with Crippen LogP contribution >= 0.6 is 11.6 Å². The molecule has 0 amide bonds. The van der Waals surface area contributed by atoms with Crippen molar-refractivity contribution in [3.8, 4) is 33.8 Å². The first-order valence-corrected chi connectivity index (χ1v) is 15.5. The maximum absolute atomic E-state index is 11.3. The van der Waals surface area contributed by atoms with Gasteiger partial charge in [-0.25, -0.2) is 0 Å². The molecule has 0 unspecified atom stereocenters. The van der Waals surface area contributed by atoms with Crippen LogP contribution in [0.25, 0.3) is 22.3 Å². The van der Waals surface area contributed by atoms with Crippen LogP contribution in [0.5, 0.6) is 11.5 Å². The number of hydrogen-bond acceptors (Lipinski definition) is 4. The summed E-state index contributed by atoms with van der Waals surface area (Å²) in [4.78, 5) is 22.1. The van der Waals surface area contributed by atoms with Crippen LogP contribution in [0.1, 0.15) is 56.1 Å². The fraction of sp³-hybridized carbons (Fsp3) is 0.297. The number of hydrogen-bond donors (Lipinski definition) is 2. The first kappa shape index (κ1) is 32.6. The number of unbranched alkanes of at least 4 members (excludes halogenated alkanes) is 3. The van der Waals surface area contributed by atoms with Gasteiger partial charge in [0.2, 0.25) is 0 Å². The molecule has 44 heavy (non-hydrogen) atoms. The first-order chi connectivity index (χ1) is 21.4. The summed E-state index contributed by atoms with van der Waals surface area (Å²) in [6.07, 6.45) is 5.55. The van der Waals surface area contributed by atoms with Gasteiger partial charge in [-0.1, -0.05) is 85.1 Å². The Morgan fingerprint density at radius 1 is 0.614 bits per heavy atom. The largest absolute Gasteiger partial charge is 0.494 e. The Kier molecular flexibility index (Phi) is 12.7. The van der Waals surface area contributed by atoms with E-state index in [0.29, 0.717) is 30.2 Å². The minimum Gasteiger partial charge on any atom is -0.494 e. The quantitative estimate of drug-likeness (QED) is 0.109. The SMILES string of the molecule is O=C(O)CCCOc1cccc(CCCCCCOc2cc(-c3ccccc3)cc(-c3ccccc3Cl)c2)c1CCC(=O)O. The topological polar surface area (TPSA) is 93.1 Å². The van der Waals surface area contributed by atoms with Crippen LogP contribution < -0.4 is 9.47 Å². The monoisotopic (exact) mass is 614 g/mol. The zero-order valence-corrected chi connectivity index (χ0v) is 25.6. The number of carbonyl (C=O) groups is 2. The van der Waals surface area contributed by atoms with E-state index in [1.54, 1.807) is 0 Å². The van der Waals surface area contributed by atoms with Crippen molar-refractivity contribution in [2.24, 2.45) is 0 Å². The molecule has 0 saturated carbocycles. The molecule has 6 nitrogen and oxygen atoms in total. The predicted molar refractivity (Wildman–Crippen MR) is 175 cm³/mol. The molecule has 0 atom stereocenters. The average Bonchev–Trinajstić information content (AvgIpc) is 3.02. The summed E-state index contributed by atoms with van der Waals surface area (Å²) in [6, 6.07) is 30.1. The molecule has 0 heterocycles. The molecule has 4 aromatic carbocycles. The van der Waals surface area contributed by atoms with Gasteiger partial charge in [-0.05, 0) is 90.3 Å². The summed E-state index contributed by atoms with van der Waals surface area (Å²) in [7, 11) is 0. The van der Waals surface area contributed by atoms with Gasteiger partial charge in [0.15, 0.2) is 0 Å². The highest BCUT2D eigenvalue weighted by Gasteiger charge is 2.13. The Balaban J connectivity index is 1.31. The molecule has 0 aromatic heterocycles. The Labute approximate surface area is 264 Å². The van der Waals surface area contributed by atoms with E-state index >= 15 is 0 Å². The third-order valence-corrected chi connectivity index (χ3v) is 7.75. The molecule has 0 aliphatic carbocycles. The van der Waals surface area contributed by atoms with E-state index in [2.05, 4.69) is 24.3 Å². The van der Waals surface area contributed by atoms with Crippen molar-refractivity contribution in [2.75, 3.05) is 13.2 Å². The predicted octanol–water partition coefficient (Wildman–Crippen LogP) is 9.12. The molecule has 0 saturated heterocycles. The molecule has 7 heteroatoms. The summed E-state index contributed by atoms with van der Waals surface area (Å²) in [5.41, 5.74) is 6.16. The Morgan fingerprint density at radius 3 is 2.09 bits per heavy atom. The van der Waals surface area contributed by atoms with Crippen molar-refractivity contribution in [3.05, 3.63) is 107 Å². The van der Waals surface area contributed by atoms with E-state index in [4.69, 9.17) is 26.2 Å². The van der Waals surface area contributed by atoms with Crippen molar-refractivity contribution in [2.45, 2.75) is 57.8 Å². The maximum atomic E-state index is 11.3. The van der Waals surface area contributed by atoms with Gasteiger partial charge in [0.1, 0.15) is 11.5 Å². The van der Waals surface area contributed by atoms with Crippen LogP contribution in [-0.4, -0.2) is 35.4 Å². The van der Waals surface area contributed by atoms with Gasteiger partial charge in [-0.2, -0.15) is 0 Å². The fourth-order valence-electron chi connectivity index (χ4n) is 5.19. The van der Waals surface area contributed by atoms with Gasteiger partial charge in [-0.3, -0.25) is 9.59 Å². The Morgan fingerprint density at radius 2 is 1.32 bits per heavy atom. The molecule has 2 N–H and O–H groups in total. The Bertz CT molecular complexity index is 1520. The van der Waals surface area contributed by atoms with Crippen molar-refractivity contribution in [1.82, 2.24) is 0 Å². The number of carboxylic acid groups (broad SMARTS) is 2. The number of benzene rings is 4. The van der Waals surface area contributed by atoms with Gasteiger partial charge in [0.25, 0.3) is 0 Å².